The summed E-state index contributed by atoms with van der Waals surface area (Å²) in [6, 6.07) is 19.2. The van der Waals surface area contributed by atoms with E-state index < -0.39 is 26.2 Å². The Morgan fingerprint density at radius 3 is 2.22 bits per heavy atom. The van der Waals surface area contributed by atoms with Crippen molar-refractivity contribution in [3.63, 3.8) is 0 Å². The summed E-state index contributed by atoms with van der Waals surface area (Å²) in [5.41, 5.74) is 2.03. The number of aromatic nitrogens is 3. The Labute approximate surface area is 238 Å². The average molecular weight is 574 g/mol. The maximum atomic E-state index is 13.8. The first-order chi connectivity index (χ1) is 19.7. The molecule has 9 nitrogen and oxygen atoms in total. The van der Waals surface area contributed by atoms with Gasteiger partial charge in [-0.3, -0.25) is 9.36 Å². The van der Waals surface area contributed by atoms with E-state index in [0.29, 0.717) is 24.3 Å². The molecule has 0 unspecified atom stereocenters. The van der Waals surface area contributed by atoms with Crippen molar-refractivity contribution in [3.05, 3.63) is 89.1 Å². The van der Waals surface area contributed by atoms with E-state index in [-0.39, 0.29) is 16.4 Å². The molecule has 0 bridgehead atoms. The SMILES string of the molecule is CCCCc1nc(=O)c(S(=O)(=O)c2ccc(-c3ccc4c(ccn4C)c3)cc2)c(O)n1-c1c(OC)cccc1OC. The zero-order chi connectivity index (χ0) is 29.3. The molecular weight excluding hydrogens is 542 g/mol. The Bertz CT molecular complexity index is 1890. The number of aromatic hydroxyl groups is 1. The van der Waals surface area contributed by atoms with E-state index in [0.717, 1.165) is 28.5 Å². The van der Waals surface area contributed by atoms with Gasteiger partial charge >= 0.3 is 0 Å². The summed E-state index contributed by atoms with van der Waals surface area (Å²) < 4.78 is 42.0. The molecule has 0 fully saturated rings. The molecule has 0 spiro atoms. The summed E-state index contributed by atoms with van der Waals surface area (Å²) in [7, 11) is 0.404. The van der Waals surface area contributed by atoms with Gasteiger partial charge in [0.2, 0.25) is 15.7 Å². The lowest BCUT2D eigenvalue weighted by Crippen LogP contribution is -2.25. The number of benzene rings is 3. The molecule has 3 aromatic carbocycles. The Balaban J connectivity index is 1.65. The molecule has 0 atom stereocenters. The molecule has 41 heavy (non-hydrogen) atoms. The molecule has 1 N–H and O–H groups in total. The van der Waals surface area contributed by atoms with Crippen LogP contribution in [0.2, 0.25) is 0 Å². The van der Waals surface area contributed by atoms with Crippen molar-refractivity contribution in [1.29, 1.82) is 0 Å². The Hall–Kier alpha value is -4.57. The van der Waals surface area contributed by atoms with Crippen molar-refractivity contribution in [3.8, 4) is 34.2 Å². The quantitative estimate of drug-likeness (QED) is 0.255. The topological polar surface area (TPSA) is 113 Å². The molecule has 0 radical (unpaired) electrons. The number of sulfone groups is 1. The first kappa shape index (κ1) is 28.0. The molecule has 0 aliphatic heterocycles. The number of hydrogen-bond acceptors (Lipinski definition) is 7. The minimum Gasteiger partial charge on any atom is -0.494 e. The van der Waals surface area contributed by atoms with Gasteiger partial charge in [-0.25, -0.2) is 8.42 Å². The molecule has 0 saturated heterocycles. The largest absolute Gasteiger partial charge is 0.494 e. The third-order valence-electron chi connectivity index (χ3n) is 7.13. The summed E-state index contributed by atoms with van der Waals surface area (Å²) in [6.07, 6.45) is 3.75. The number of ether oxygens (including phenoxy) is 2. The highest BCUT2D eigenvalue weighted by Crippen LogP contribution is 2.38. The van der Waals surface area contributed by atoms with Crippen molar-refractivity contribution in [2.24, 2.45) is 7.05 Å². The summed E-state index contributed by atoms with van der Waals surface area (Å²) >= 11 is 0. The molecule has 0 aliphatic carbocycles. The fourth-order valence-corrected chi connectivity index (χ4v) is 6.30. The van der Waals surface area contributed by atoms with Crippen molar-refractivity contribution >= 4 is 20.7 Å². The van der Waals surface area contributed by atoms with E-state index in [2.05, 4.69) is 4.98 Å². The van der Waals surface area contributed by atoms with Crippen LogP contribution in [0.3, 0.4) is 0 Å². The number of nitrogens with zero attached hydrogens (tertiary/aromatic N) is 3. The van der Waals surface area contributed by atoms with Gasteiger partial charge in [-0.05, 0) is 60.0 Å². The third-order valence-corrected chi connectivity index (χ3v) is 8.92. The second kappa shape index (κ2) is 11.1. The minimum atomic E-state index is -4.47. The van der Waals surface area contributed by atoms with E-state index in [4.69, 9.17) is 9.47 Å². The predicted molar refractivity (Wildman–Crippen MR) is 157 cm³/mol. The Morgan fingerprint density at radius 1 is 0.927 bits per heavy atom. The second-order valence-corrected chi connectivity index (χ2v) is 11.6. The lowest BCUT2D eigenvalue weighted by molar-refractivity contribution is 0.374. The van der Waals surface area contributed by atoms with E-state index in [1.165, 1.54) is 30.9 Å². The molecule has 5 rings (SSSR count). The van der Waals surface area contributed by atoms with Crippen LogP contribution in [0, 0.1) is 0 Å². The molecular formula is C31H31N3O6S. The maximum absolute atomic E-state index is 13.8. The molecule has 5 aromatic rings. The van der Waals surface area contributed by atoms with Crippen LogP contribution in [0.5, 0.6) is 17.4 Å². The fourth-order valence-electron chi connectivity index (χ4n) is 4.97. The van der Waals surface area contributed by atoms with Gasteiger partial charge in [0.05, 0.1) is 19.1 Å². The van der Waals surface area contributed by atoms with Gasteiger partial charge in [0.25, 0.3) is 5.56 Å². The van der Waals surface area contributed by atoms with Crippen LogP contribution in [0.1, 0.15) is 25.6 Å². The highest BCUT2D eigenvalue weighted by atomic mass is 32.2. The summed E-state index contributed by atoms with van der Waals surface area (Å²) in [6.45, 7) is 1.98. The molecule has 2 aromatic heterocycles. The van der Waals surface area contributed by atoms with Crippen LogP contribution in [-0.2, 0) is 23.3 Å². The van der Waals surface area contributed by atoms with Crippen LogP contribution in [-0.4, -0.2) is 41.9 Å². The molecule has 10 heteroatoms. The van der Waals surface area contributed by atoms with Crippen molar-refractivity contribution < 1.29 is 23.0 Å². The number of hydrogen-bond donors (Lipinski definition) is 1. The van der Waals surface area contributed by atoms with Crippen molar-refractivity contribution in [2.45, 2.75) is 36.0 Å². The van der Waals surface area contributed by atoms with Crippen LogP contribution in [0.25, 0.3) is 27.7 Å². The van der Waals surface area contributed by atoms with Gasteiger partial charge in [0.15, 0.2) is 4.90 Å². The van der Waals surface area contributed by atoms with Crippen molar-refractivity contribution in [2.75, 3.05) is 14.2 Å². The van der Waals surface area contributed by atoms with Gasteiger partial charge in [-0.1, -0.05) is 37.6 Å². The number of fused-ring (bicyclic) bond motifs is 1. The summed E-state index contributed by atoms with van der Waals surface area (Å²) in [5.74, 6) is 0.0668. The summed E-state index contributed by atoms with van der Waals surface area (Å²) in [4.78, 5) is 16.4. The van der Waals surface area contributed by atoms with E-state index in [1.807, 2.05) is 49.0 Å². The monoisotopic (exact) mass is 573 g/mol. The zero-order valence-electron chi connectivity index (χ0n) is 23.3. The highest BCUT2D eigenvalue weighted by Gasteiger charge is 2.31. The average Bonchev–Trinajstić information content (AvgIpc) is 3.35. The lowest BCUT2D eigenvalue weighted by atomic mass is 10.0. The number of methoxy groups -OCH3 is 2. The predicted octanol–water partition coefficient (Wildman–Crippen LogP) is 5.29. The van der Waals surface area contributed by atoms with Gasteiger partial charge in [-0.2, -0.15) is 4.98 Å². The molecule has 2 heterocycles. The molecule has 212 valence electrons. The van der Waals surface area contributed by atoms with Crippen LogP contribution >= 0.6 is 0 Å². The lowest BCUT2D eigenvalue weighted by Gasteiger charge is -2.21. The second-order valence-electron chi connectivity index (χ2n) is 9.66. The standard InChI is InChI=1S/C31H31N3O6S/c1-5-6-10-27-32-30(35)29(31(36)34(27)28-25(39-3)8-7-9-26(28)40-4)41(37,38)23-14-11-20(12-15-23)21-13-16-24-22(19-21)17-18-33(24)2/h7-9,11-19,36H,5-6,10H2,1-4H3. The third kappa shape index (κ3) is 4.95. The van der Waals surface area contributed by atoms with Gasteiger partial charge in [0, 0.05) is 30.6 Å². The van der Waals surface area contributed by atoms with Crippen LogP contribution < -0.4 is 15.0 Å². The Morgan fingerprint density at radius 2 is 1.59 bits per heavy atom. The van der Waals surface area contributed by atoms with Crippen LogP contribution in [0.4, 0.5) is 0 Å². The zero-order valence-corrected chi connectivity index (χ0v) is 24.1. The first-order valence-corrected chi connectivity index (χ1v) is 14.7. The highest BCUT2D eigenvalue weighted by molar-refractivity contribution is 7.91. The Kier molecular flexibility index (Phi) is 7.59. The van der Waals surface area contributed by atoms with E-state index in [1.54, 1.807) is 30.3 Å². The fraction of sp³-hybridized carbons (Fsp3) is 0.226. The molecule has 0 amide bonds. The van der Waals surface area contributed by atoms with Crippen LogP contribution in [0.15, 0.2) is 87.5 Å². The van der Waals surface area contributed by atoms with Gasteiger partial charge in [0.1, 0.15) is 23.0 Å². The van der Waals surface area contributed by atoms with E-state index in [9.17, 15) is 18.3 Å². The minimum absolute atomic E-state index is 0.143. The number of rotatable bonds is 9. The smallest absolute Gasteiger partial charge is 0.296 e. The van der Waals surface area contributed by atoms with Crippen molar-refractivity contribution in [1.82, 2.24) is 14.1 Å². The normalized spacial score (nSPS) is 11.6. The molecule has 0 saturated carbocycles. The molecule has 0 aliphatic rings. The van der Waals surface area contributed by atoms with Gasteiger partial charge in [-0.15, -0.1) is 0 Å². The number of para-hydroxylation sites is 1. The van der Waals surface area contributed by atoms with E-state index >= 15 is 0 Å². The van der Waals surface area contributed by atoms with Gasteiger partial charge < -0.3 is 19.1 Å². The summed E-state index contributed by atoms with van der Waals surface area (Å²) in [5, 5.41) is 12.6. The maximum Gasteiger partial charge on any atom is 0.296 e. The number of unbranched alkanes of at least 4 members (excludes halogenated alkanes) is 1. The first-order valence-electron chi connectivity index (χ1n) is 13.2. The number of aryl methyl sites for hydroxylation is 2.